The van der Waals surface area contributed by atoms with Gasteiger partial charge >= 0.3 is 6.03 Å². The number of benzene rings is 4. The number of carbonyl (C=O) groups is 2. The molecule has 1 heterocycles. The van der Waals surface area contributed by atoms with Crippen LogP contribution in [0.1, 0.15) is 16.7 Å². The number of nitrogens with two attached hydrogens (primary N) is 1. The van der Waals surface area contributed by atoms with Crippen molar-refractivity contribution >= 4 is 50.4 Å². The van der Waals surface area contributed by atoms with Gasteiger partial charge in [0, 0.05) is 16.9 Å². The van der Waals surface area contributed by atoms with E-state index in [1.807, 2.05) is 36.4 Å². The highest BCUT2D eigenvalue weighted by Crippen LogP contribution is 2.32. The van der Waals surface area contributed by atoms with Crippen LogP contribution in [0.25, 0.3) is 0 Å². The fraction of sp³-hybridized carbons (Fsp3) is 0.0345. The van der Waals surface area contributed by atoms with Gasteiger partial charge in [0.15, 0.2) is 0 Å². The van der Waals surface area contributed by atoms with Crippen molar-refractivity contribution in [2.75, 3.05) is 15.5 Å². The Morgan fingerprint density at radius 2 is 1.48 bits per heavy atom. The molecule has 3 amide bonds. The Kier molecular flexibility index (Phi) is 7.11. The summed E-state index contributed by atoms with van der Waals surface area (Å²) in [7, 11) is -3.82. The Labute approximate surface area is 230 Å². The lowest BCUT2D eigenvalue weighted by atomic mass is 10.1. The number of anilines is 3. The zero-order chi connectivity index (χ0) is 28.3. The number of primary sulfonamides is 1. The molecule has 0 aromatic heterocycles. The highest BCUT2D eigenvalue weighted by molar-refractivity contribution is 7.89. The highest BCUT2D eigenvalue weighted by Gasteiger charge is 2.33. The number of carbonyl (C=O) groups excluding carboxylic acids is 2. The van der Waals surface area contributed by atoms with Crippen LogP contribution in [0.5, 0.6) is 0 Å². The molecule has 0 saturated heterocycles. The first-order chi connectivity index (χ1) is 19.2. The van der Waals surface area contributed by atoms with Crippen LogP contribution in [0.3, 0.4) is 0 Å². The standard InChI is InChI=1S/C29H22N6O4S/c30-17-19-5-7-20(8-6-19)18-35-26-4-2-1-3-25(26)27(28(35)36)32-21-9-11-22(12-10-21)33-29(37)34-23-13-15-24(16-14-23)40(31,38)39/h1-16H,18H2,(H2,31,38,39)(H2,33,34,37). The fourth-order valence-corrected chi connectivity index (χ4v) is 4.68. The van der Waals surface area contributed by atoms with E-state index in [2.05, 4.69) is 21.7 Å². The average molecular weight is 551 g/mol. The topological polar surface area (TPSA) is 158 Å². The van der Waals surface area contributed by atoms with Crippen LogP contribution in [0.2, 0.25) is 0 Å². The van der Waals surface area contributed by atoms with E-state index >= 15 is 0 Å². The van der Waals surface area contributed by atoms with E-state index in [4.69, 9.17) is 10.4 Å². The number of sulfonamides is 1. The molecule has 10 nitrogen and oxygen atoms in total. The molecule has 198 valence electrons. The lowest BCUT2D eigenvalue weighted by molar-refractivity contribution is -0.112. The molecular formula is C29H22N6O4S. The van der Waals surface area contributed by atoms with Crippen molar-refractivity contribution in [2.24, 2.45) is 10.1 Å². The Morgan fingerprint density at radius 3 is 2.08 bits per heavy atom. The van der Waals surface area contributed by atoms with Gasteiger partial charge in [-0.25, -0.2) is 23.3 Å². The summed E-state index contributed by atoms with van der Waals surface area (Å²) in [6.07, 6.45) is 0. The Morgan fingerprint density at radius 1 is 0.875 bits per heavy atom. The van der Waals surface area contributed by atoms with Gasteiger partial charge < -0.3 is 15.5 Å². The summed E-state index contributed by atoms with van der Waals surface area (Å²) in [5.74, 6) is -0.236. The van der Waals surface area contributed by atoms with Gasteiger partial charge in [-0.15, -0.1) is 0 Å². The summed E-state index contributed by atoms with van der Waals surface area (Å²) >= 11 is 0. The largest absolute Gasteiger partial charge is 0.323 e. The maximum absolute atomic E-state index is 13.4. The maximum atomic E-state index is 13.4. The van der Waals surface area contributed by atoms with Gasteiger partial charge in [-0.2, -0.15) is 5.26 Å². The predicted molar refractivity (Wildman–Crippen MR) is 152 cm³/mol. The first-order valence-electron chi connectivity index (χ1n) is 12.0. The fourth-order valence-electron chi connectivity index (χ4n) is 4.16. The third-order valence-corrected chi connectivity index (χ3v) is 7.06. The Balaban J connectivity index is 1.29. The number of nitriles is 1. The number of hydrogen-bond acceptors (Lipinski definition) is 6. The van der Waals surface area contributed by atoms with Crippen molar-refractivity contribution < 1.29 is 18.0 Å². The third kappa shape index (κ3) is 5.73. The second-order valence-corrected chi connectivity index (χ2v) is 10.4. The number of para-hydroxylation sites is 1. The smallest absolute Gasteiger partial charge is 0.308 e. The van der Waals surface area contributed by atoms with Gasteiger partial charge in [0.25, 0.3) is 5.91 Å². The molecule has 0 fully saturated rings. The van der Waals surface area contributed by atoms with Gasteiger partial charge in [0.05, 0.1) is 34.4 Å². The molecule has 5 rings (SSSR count). The Bertz CT molecular complexity index is 1780. The molecule has 0 unspecified atom stereocenters. The maximum Gasteiger partial charge on any atom is 0.323 e. The SMILES string of the molecule is N#Cc1ccc(CN2C(=O)C(=Nc3ccc(NC(=O)Nc4ccc(S(N)(=O)=O)cc4)cc3)c3ccccc32)cc1. The number of amides is 3. The summed E-state index contributed by atoms with van der Waals surface area (Å²) in [6.45, 7) is 0.337. The molecule has 40 heavy (non-hydrogen) atoms. The molecule has 0 saturated carbocycles. The first-order valence-corrected chi connectivity index (χ1v) is 13.6. The number of urea groups is 1. The minimum atomic E-state index is -3.82. The summed E-state index contributed by atoms with van der Waals surface area (Å²) in [6, 6.07) is 28.2. The summed E-state index contributed by atoms with van der Waals surface area (Å²) in [5.41, 5.74) is 4.62. The van der Waals surface area contributed by atoms with E-state index in [9.17, 15) is 18.0 Å². The lowest BCUT2D eigenvalue weighted by Gasteiger charge is -2.16. The minimum Gasteiger partial charge on any atom is -0.308 e. The van der Waals surface area contributed by atoms with Crippen molar-refractivity contribution in [2.45, 2.75) is 11.4 Å². The van der Waals surface area contributed by atoms with E-state index in [-0.39, 0.29) is 10.8 Å². The molecule has 0 radical (unpaired) electrons. The molecule has 0 spiro atoms. The zero-order valence-electron chi connectivity index (χ0n) is 20.9. The van der Waals surface area contributed by atoms with E-state index in [1.165, 1.54) is 24.3 Å². The van der Waals surface area contributed by atoms with E-state index < -0.39 is 16.1 Å². The quantitative estimate of drug-likeness (QED) is 0.322. The van der Waals surface area contributed by atoms with Crippen LogP contribution in [-0.4, -0.2) is 26.1 Å². The number of nitrogens with zero attached hydrogens (tertiary/aromatic N) is 3. The van der Waals surface area contributed by atoms with E-state index in [1.54, 1.807) is 41.3 Å². The van der Waals surface area contributed by atoms with Gasteiger partial charge in [0.2, 0.25) is 10.0 Å². The number of aliphatic imine (C=N–C) groups is 1. The summed E-state index contributed by atoms with van der Waals surface area (Å²) in [5, 5.41) is 19.4. The number of rotatable bonds is 6. The molecule has 1 aliphatic heterocycles. The molecule has 0 aliphatic carbocycles. The molecule has 11 heteroatoms. The van der Waals surface area contributed by atoms with E-state index in [0.717, 1.165) is 16.8 Å². The molecule has 4 aromatic rings. The van der Waals surface area contributed by atoms with Crippen molar-refractivity contribution in [3.63, 3.8) is 0 Å². The predicted octanol–water partition coefficient (Wildman–Crippen LogP) is 4.52. The van der Waals surface area contributed by atoms with Gasteiger partial charge in [-0.1, -0.05) is 30.3 Å². The van der Waals surface area contributed by atoms with Gasteiger partial charge in [0.1, 0.15) is 5.71 Å². The van der Waals surface area contributed by atoms with Gasteiger partial charge in [-0.05, 0) is 72.3 Å². The summed E-state index contributed by atoms with van der Waals surface area (Å²) in [4.78, 5) is 32.0. The van der Waals surface area contributed by atoms with Crippen molar-refractivity contribution in [3.8, 4) is 6.07 Å². The van der Waals surface area contributed by atoms with Crippen LogP contribution in [0.15, 0.2) is 107 Å². The van der Waals surface area contributed by atoms with Crippen molar-refractivity contribution in [1.82, 2.24) is 0 Å². The van der Waals surface area contributed by atoms with Crippen LogP contribution in [0, 0.1) is 11.3 Å². The number of fused-ring (bicyclic) bond motifs is 1. The second kappa shape index (κ2) is 10.8. The zero-order valence-corrected chi connectivity index (χ0v) is 21.7. The van der Waals surface area contributed by atoms with Crippen LogP contribution >= 0.6 is 0 Å². The normalized spacial score (nSPS) is 13.6. The monoisotopic (exact) mass is 550 g/mol. The van der Waals surface area contributed by atoms with Crippen LogP contribution in [-0.2, 0) is 21.4 Å². The van der Waals surface area contributed by atoms with E-state index in [0.29, 0.717) is 34.9 Å². The molecular weight excluding hydrogens is 528 g/mol. The Hall–Kier alpha value is -5.31. The number of hydrogen-bond donors (Lipinski definition) is 3. The highest BCUT2D eigenvalue weighted by atomic mass is 32.2. The van der Waals surface area contributed by atoms with Crippen LogP contribution < -0.4 is 20.7 Å². The third-order valence-electron chi connectivity index (χ3n) is 6.13. The first kappa shape index (κ1) is 26.3. The molecule has 0 atom stereocenters. The number of nitrogens with one attached hydrogen (secondary N) is 2. The van der Waals surface area contributed by atoms with Gasteiger partial charge in [-0.3, -0.25) is 4.79 Å². The van der Waals surface area contributed by atoms with Crippen molar-refractivity contribution in [1.29, 1.82) is 5.26 Å². The minimum absolute atomic E-state index is 0.0589. The molecule has 0 bridgehead atoms. The summed E-state index contributed by atoms with van der Waals surface area (Å²) < 4.78 is 22.7. The van der Waals surface area contributed by atoms with Crippen molar-refractivity contribution in [3.05, 3.63) is 114 Å². The molecule has 1 aliphatic rings. The average Bonchev–Trinajstić information content (AvgIpc) is 3.20. The second-order valence-electron chi connectivity index (χ2n) is 8.87. The molecule has 4 aromatic carbocycles. The van der Waals surface area contributed by atoms with Crippen LogP contribution in [0.4, 0.5) is 27.5 Å². The molecule has 4 N–H and O–H groups in total. The lowest BCUT2D eigenvalue weighted by Crippen LogP contribution is -2.29.